The van der Waals surface area contributed by atoms with E-state index in [1.165, 1.54) is 23.3 Å². The number of pyridine rings is 1. The van der Waals surface area contributed by atoms with Crippen LogP contribution in [0.25, 0.3) is 11.0 Å². The van der Waals surface area contributed by atoms with Crippen molar-refractivity contribution in [3.05, 3.63) is 48.3 Å². The van der Waals surface area contributed by atoms with E-state index in [1.807, 2.05) is 6.07 Å². The molecule has 0 unspecified atom stereocenters. The number of halogens is 1. The van der Waals surface area contributed by atoms with Crippen molar-refractivity contribution in [2.75, 3.05) is 18.0 Å². The number of hydrogen-bond acceptors (Lipinski definition) is 4. The molecule has 3 aromatic heterocycles. The second kappa shape index (κ2) is 5.36. The molecule has 1 fully saturated rings. The van der Waals surface area contributed by atoms with E-state index in [1.54, 1.807) is 6.20 Å². The maximum atomic E-state index is 12.9. The molecular weight excluding hydrogens is 281 g/mol. The molecule has 0 aromatic carbocycles. The second-order valence-corrected chi connectivity index (χ2v) is 5.61. The molecule has 4 rings (SSSR count). The van der Waals surface area contributed by atoms with Crippen molar-refractivity contribution in [2.24, 2.45) is 0 Å². The van der Waals surface area contributed by atoms with Gasteiger partial charge in [0.05, 0.1) is 12.4 Å². The van der Waals surface area contributed by atoms with E-state index in [4.69, 9.17) is 0 Å². The third kappa shape index (κ3) is 2.30. The fourth-order valence-corrected chi connectivity index (χ4v) is 3.17. The van der Waals surface area contributed by atoms with Gasteiger partial charge in [0.25, 0.3) is 0 Å². The molecule has 0 atom stereocenters. The van der Waals surface area contributed by atoms with Crippen LogP contribution in [-0.2, 0) is 0 Å². The number of aromatic nitrogens is 4. The van der Waals surface area contributed by atoms with Gasteiger partial charge in [0.1, 0.15) is 5.65 Å². The van der Waals surface area contributed by atoms with Crippen molar-refractivity contribution in [2.45, 2.75) is 18.8 Å². The summed E-state index contributed by atoms with van der Waals surface area (Å²) >= 11 is 0. The molecule has 1 saturated heterocycles. The van der Waals surface area contributed by atoms with Gasteiger partial charge in [-0.05, 0) is 36.5 Å². The molecule has 4 heterocycles. The normalized spacial score (nSPS) is 16.3. The van der Waals surface area contributed by atoms with E-state index in [9.17, 15) is 4.39 Å². The van der Waals surface area contributed by atoms with Gasteiger partial charge in [-0.2, -0.15) is 0 Å². The van der Waals surface area contributed by atoms with E-state index in [0.717, 1.165) is 31.6 Å². The standard InChI is InChI=1S/C16H16FN5/c17-12-8-20-16(21-9-12)22-6-3-11(4-7-22)14-10-19-15-13(14)2-1-5-18-15/h1-2,5,8-11H,3-4,6-7H2,(H,18,19). The Morgan fingerprint density at radius 2 is 1.91 bits per heavy atom. The van der Waals surface area contributed by atoms with Crippen molar-refractivity contribution in [1.29, 1.82) is 0 Å². The minimum atomic E-state index is -0.398. The number of piperidine rings is 1. The SMILES string of the molecule is Fc1cnc(N2CCC(c3c[nH]c4ncccc34)CC2)nc1. The van der Waals surface area contributed by atoms with Gasteiger partial charge in [0.15, 0.2) is 5.82 Å². The molecule has 0 saturated carbocycles. The average molecular weight is 297 g/mol. The van der Waals surface area contributed by atoms with Gasteiger partial charge in [-0.1, -0.05) is 0 Å². The van der Waals surface area contributed by atoms with Crippen LogP contribution in [0, 0.1) is 5.82 Å². The first-order valence-corrected chi connectivity index (χ1v) is 7.46. The largest absolute Gasteiger partial charge is 0.346 e. The fraction of sp³-hybridized carbons (Fsp3) is 0.312. The molecule has 0 bridgehead atoms. The molecule has 112 valence electrons. The third-order valence-corrected chi connectivity index (χ3v) is 4.31. The minimum Gasteiger partial charge on any atom is -0.346 e. The van der Waals surface area contributed by atoms with Crippen molar-refractivity contribution in [3.63, 3.8) is 0 Å². The number of aromatic amines is 1. The summed E-state index contributed by atoms with van der Waals surface area (Å²) in [5.74, 6) is 0.722. The fourth-order valence-electron chi connectivity index (χ4n) is 3.17. The molecule has 1 aliphatic rings. The lowest BCUT2D eigenvalue weighted by Gasteiger charge is -2.31. The first kappa shape index (κ1) is 13.2. The zero-order valence-corrected chi connectivity index (χ0v) is 12.0. The van der Waals surface area contributed by atoms with Crippen LogP contribution in [-0.4, -0.2) is 33.0 Å². The van der Waals surface area contributed by atoms with Gasteiger partial charge in [0, 0.05) is 30.9 Å². The lowest BCUT2D eigenvalue weighted by molar-refractivity contribution is 0.500. The van der Waals surface area contributed by atoms with Crippen LogP contribution >= 0.6 is 0 Å². The molecule has 3 aromatic rings. The third-order valence-electron chi connectivity index (χ3n) is 4.31. The van der Waals surface area contributed by atoms with Crippen molar-refractivity contribution >= 4 is 17.0 Å². The second-order valence-electron chi connectivity index (χ2n) is 5.61. The van der Waals surface area contributed by atoms with Gasteiger partial charge in [0.2, 0.25) is 5.95 Å². The predicted molar refractivity (Wildman–Crippen MR) is 82.3 cm³/mol. The van der Waals surface area contributed by atoms with Crippen molar-refractivity contribution in [1.82, 2.24) is 19.9 Å². The molecule has 1 aliphatic heterocycles. The highest BCUT2D eigenvalue weighted by Crippen LogP contribution is 2.33. The predicted octanol–water partition coefficient (Wildman–Crippen LogP) is 2.88. The Balaban J connectivity index is 1.51. The number of H-pyrrole nitrogens is 1. The molecule has 0 aliphatic carbocycles. The number of hydrogen-bond donors (Lipinski definition) is 1. The van der Waals surface area contributed by atoms with Gasteiger partial charge >= 0.3 is 0 Å². The Labute approximate surface area is 127 Å². The maximum Gasteiger partial charge on any atom is 0.225 e. The summed E-state index contributed by atoms with van der Waals surface area (Å²) in [6, 6.07) is 4.09. The number of anilines is 1. The van der Waals surface area contributed by atoms with Crippen molar-refractivity contribution in [3.8, 4) is 0 Å². The van der Waals surface area contributed by atoms with E-state index in [-0.39, 0.29) is 0 Å². The van der Waals surface area contributed by atoms with Crippen LogP contribution < -0.4 is 4.90 Å². The Kier molecular flexibility index (Phi) is 3.21. The van der Waals surface area contributed by atoms with Gasteiger partial charge in [-0.25, -0.2) is 19.3 Å². The molecule has 1 N–H and O–H groups in total. The maximum absolute atomic E-state index is 12.9. The van der Waals surface area contributed by atoms with Crippen LogP contribution in [0.3, 0.4) is 0 Å². The van der Waals surface area contributed by atoms with Crippen LogP contribution in [0.15, 0.2) is 36.9 Å². The average Bonchev–Trinajstić information content (AvgIpc) is 3.00. The van der Waals surface area contributed by atoms with Gasteiger partial charge < -0.3 is 9.88 Å². The lowest BCUT2D eigenvalue weighted by Crippen LogP contribution is -2.34. The summed E-state index contributed by atoms with van der Waals surface area (Å²) in [5.41, 5.74) is 2.28. The molecule has 0 amide bonds. The zero-order valence-electron chi connectivity index (χ0n) is 12.0. The highest BCUT2D eigenvalue weighted by atomic mass is 19.1. The van der Waals surface area contributed by atoms with Crippen LogP contribution in [0.4, 0.5) is 10.3 Å². The summed E-state index contributed by atoms with van der Waals surface area (Å²) in [4.78, 5) is 17.8. The Bertz CT molecular complexity index is 775. The van der Waals surface area contributed by atoms with E-state index in [0.29, 0.717) is 11.9 Å². The molecule has 22 heavy (non-hydrogen) atoms. The lowest BCUT2D eigenvalue weighted by atomic mass is 9.89. The Morgan fingerprint density at radius 3 is 2.68 bits per heavy atom. The van der Waals surface area contributed by atoms with Crippen LogP contribution in [0.1, 0.15) is 24.3 Å². The number of nitrogens with one attached hydrogen (secondary N) is 1. The molecule has 6 heteroatoms. The number of rotatable bonds is 2. The van der Waals surface area contributed by atoms with Gasteiger partial charge in [-0.3, -0.25) is 0 Å². The summed E-state index contributed by atoms with van der Waals surface area (Å²) in [7, 11) is 0. The van der Waals surface area contributed by atoms with Gasteiger partial charge in [-0.15, -0.1) is 0 Å². The Morgan fingerprint density at radius 1 is 1.14 bits per heavy atom. The monoisotopic (exact) mass is 297 g/mol. The molecule has 0 spiro atoms. The highest BCUT2D eigenvalue weighted by Gasteiger charge is 2.24. The first-order valence-electron chi connectivity index (χ1n) is 7.46. The molecule has 5 nitrogen and oxygen atoms in total. The molecule has 0 radical (unpaired) electrons. The quantitative estimate of drug-likeness (QED) is 0.790. The van der Waals surface area contributed by atoms with E-state index in [2.05, 4.69) is 37.1 Å². The van der Waals surface area contributed by atoms with Crippen molar-refractivity contribution < 1.29 is 4.39 Å². The van der Waals surface area contributed by atoms with Crippen LogP contribution in [0.5, 0.6) is 0 Å². The Hall–Kier alpha value is -2.50. The summed E-state index contributed by atoms with van der Waals surface area (Å²) in [5, 5.41) is 1.21. The van der Waals surface area contributed by atoms with E-state index < -0.39 is 5.82 Å². The number of nitrogens with zero attached hydrogens (tertiary/aromatic N) is 4. The zero-order chi connectivity index (χ0) is 14.9. The minimum absolute atomic E-state index is 0.398. The highest BCUT2D eigenvalue weighted by molar-refractivity contribution is 5.80. The first-order chi connectivity index (χ1) is 10.8. The topological polar surface area (TPSA) is 57.7 Å². The summed E-state index contributed by atoms with van der Waals surface area (Å²) in [6.45, 7) is 1.76. The number of fused-ring (bicyclic) bond motifs is 1. The summed E-state index contributed by atoms with van der Waals surface area (Å²) in [6.07, 6.45) is 8.38. The summed E-state index contributed by atoms with van der Waals surface area (Å²) < 4.78 is 12.9. The van der Waals surface area contributed by atoms with E-state index >= 15 is 0 Å². The van der Waals surface area contributed by atoms with Crippen LogP contribution in [0.2, 0.25) is 0 Å². The smallest absolute Gasteiger partial charge is 0.225 e. The molecular formula is C16H16FN5.